The molecular weight excluding hydrogens is 236 g/mol. The lowest BCUT2D eigenvalue weighted by atomic mass is 9.90. The molecule has 1 saturated heterocycles. The highest BCUT2D eigenvalue weighted by molar-refractivity contribution is 5.46. The predicted octanol–water partition coefficient (Wildman–Crippen LogP) is 2.35. The lowest BCUT2D eigenvalue weighted by Crippen LogP contribution is -2.40. The van der Waals surface area contributed by atoms with Crippen molar-refractivity contribution >= 4 is 5.69 Å². The molecule has 2 rings (SSSR count). The van der Waals surface area contributed by atoms with Gasteiger partial charge in [-0.2, -0.15) is 0 Å². The molecule has 1 unspecified atom stereocenters. The van der Waals surface area contributed by atoms with Crippen molar-refractivity contribution in [3.8, 4) is 0 Å². The average Bonchev–Trinajstić information content (AvgIpc) is 2.40. The average molecular weight is 262 g/mol. The summed E-state index contributed by atoms with van der Waals surface area (Å²) < 4.78 is 0. The Balaban J connectivity index is 1.85. The molecule has 3 nitrogen and oxygen atoms in total. The van der Waals surface area contributed by atoms with Crippen LogP contribution in [0.3, 0.4) is 0 Å². The summed E-state index contributed by atoms with van der Waals surface area (Å²) in [6.07, 6.45) is 3.27. The van der Waals surface area contributed by atoms with Gasteiger partial charge in [0.1, 0.15) is 6.23 Å². The summed E-state index contributed by atoms with van der Waals surface area (Å²) in [7, 11) is 4.14. The van der Waals surface area contributed by atoms with Crippen LogP contribution in [-0.4, -0.2) is 43.4 Å². The normalized spacial score (nSPS) is 19.4. The first kappa shape index (κ1) is 14.4. The van der Waals surface area contributed by atoms with E-state index in [4.69, 9.17) is 0 Å². The van der Waals surface area contributed by atoms with Gasteiger partial charge in [-0.1, -0.05) is 12.1 Å². The number of piperidine rings is 1. The number of anilines is 1. The van der Waals surface area contributed by atoms with Crippen LogP contribution in [0.15, 0.2) is 24.3 Å². The summed E-state index contributed by atoms with van der Waals surface area (Å²) in [5.41, 5.74) is 2.69. The van der Waals surface area contributed by atoms with E-state index >= 15 is 0 Å². The van der Waals surface area contributed by atoms with E-state index in [-0.39, 0.29) is 6.23 Å². The van der Waals surface area contributed by atoms with Crippen LogP contribution in [0.2, 0.25) is 0 Å². The first-order valence-corrected chi connectivity index (χ1v) is 7.24. The smallest absolute Gasteiger partial charge is 0.104 e. The van der Waals surface area contributed by atoms with Crippen molar-refractivity contribution in [1.82, 2.24) is 4.90 Å². The second-order valence-electron chi connectivity index (χ2n) is 5.88. The van der Waals surface area contributed by atoms with Gasteiger partial charge in [0.05, 0.1) is 0 Å². The lowest BCUT2D eigenvalue weighted by Gasteiger charge is -2.33. The van der Waals surface area contributed by atoms with Gasteiger partial charge in [-0.15, -0.1) is 0 Å². The van der Waals surface area contributed by atoms with E-state index < -0.39 is 0 Å². The van der Waals surface area contributed by atoms with E-state index in [1.807, 2.05) is 6.92 Å². The Morgan fingerprint density at radius 1 is 1.21 bits per heavy atom. The maximum absolute atomic E-state index is 9.56. The lowest BCUT2D eigenvalue weighted by molar-refractivity contribution is -0.00316. The highest BCUT2D eigenvalue weighted by Crippen LogP contribution is 2.23. The molecule has 19 heavy (non-hydrogen) atoms. The molecule has 1 heterocycles. The SMILES string of the molecule is CC(O)N1CCC(Cc2ccc(N(C)C)cc2)CC1. The van der Waals surface area contributed by atoms with Gasteiger partial charge in [0.25, 0.3) is 0 Å². The van der Waals surface area contributed by atoms with E-state index in [1.165, 1.54) is 30.5 Å². The molecule has 0 radical (unpaired) electrons. The molecule has 1 N–H and O–H groups in total. The fraction of sp³-hybridized carbons (Fsp3) is 0.625. The number of aliphatic hydroxyl groups is 1. The zero-order chi connectivity index (χ0) is 13.8. The first-order chi connectivity index (χ1) is 9.06. The van der Waals surface area contributed by atoms with Crippen molar-refractivity contribution < 1.29 is 5.11 Å². The molecule has 0 saturated carbocycles. The van der Waals surface area contributed by atoms with Crippen molar-refractivity contribution in [2.24, 2.45) is 5.92 Å². The zero-order valence-electron chi connectivity index (χ0n) is 12.3. The van der Waals surface area contributed by atoms with Crippen LogP contribution >= 0.6 is 0 Å². The third kappa shape index (κ3) is 3.95. The van der Waals surface area contributed by atoms with Gasteiger partial charge in [-0.3, -0.25) is 4.90 Å². The topological polar surface area (TPSA) is 26.7 Å². The summed E-state index contributed by atoms with van der Waals surface area (Å²) in [5.74, 6) is 0.764. The Kier molecular flexibility index (Phi) is 4.83. The predicted molar refractivity (Wildman–Crippen MR) is 80.5 cm³/mol. The minimum atomic E-state index is -0.291. The van der Waals surface area contributed by atoms with E-state index in [0.29, 0.717) is 0 Å². The van der Waals surface area contributed by atoms with Crippen LogP contribution in [0.1, 0.15) is 25.3 Å². The molecule has 106 valence electrons. The highest BCUT2D eigenvalue weighted by Gasteiger charge is 2.21. The number of rotatable bonds is 4. The van der Waals surface area contributed by atoms with Crippen LogP contribution in [0.4, 0.5) is 5.69 Å². The Bertz CT molecular complexity index is 378. The second-order valence-corrected chi connectivity index (χ2v) is 5.88. The molecule has 1 aliphatic rings. The fourth-order valence-corrected chi connectivity index (χ4v) is 2.79. The number of benzene rings is 1. The quantitative estimate of drug-likeness (QED) is 0.902. The van der Waals surface area contributed by atoms with E-state index in [9.17, 15) is 5.11 Å². The van der Waals surface area contributed by atoms with Crippen LogP contribution in [0, 0.1) is 5.92 Å². The van der Waals surface area contributed by atoms with Gasteiger partial charge >= 0.3 is 0 Å². The molecule has 1 aliphatic heterocycles. The number of nitrogens with zero attached hydrogens (tertiary/aromatic N) is 2. The molecule has 0 aromatic heterocycles. The van der Waals surface area contributed by atoms with Crippen LogP contribution in [0.5, 0.6) is 0 Å². The highest BCUT2D eigenvalue weighted by atomic mass is 16.3. The van der Waals surface area contributed by atoms with Gasteiger partial charge in [-0.05, 0) is 49.8 Å². The molecule has 1 aromatic rings. The summed E-state index contributed by atoms with van der Waals surface area (Å²) in [4.78, 5) is 4.29. The molecule has 0 aliphatic carbocycles. The Morgan fingerprint density at radius 3 is 2.26 bits per heavy atom. The minimum absolute atomic E-state index is 0.291. The molecule has 1 atom stereocenters. The number of hydrogen-bond acceptors (Lipinski definition) is 3. The van der Waals surface area contributed by atoms with Crippen LogP contribution in [-0.2, 0) is 6.42 Å². The molecular formula is C16H26N2O. The molecule has 0 amide bonds. The van der Waals surface area contributed by atoms with Gasteiger partial charge in [-0.25, -0.2) is 0 Å². The summed E-state index contributed by atoms with van der Waals surface area (Å²) in [6, 6.07) is 8.88. The zero-order valence-corrected chi connectivity index (χ0v) is 12.3. The van der Waals surface area contributed by atoms with E-state index in [2.05, 4.69) is 48.2 Å². The Labute approximate surface area is 116 Å². The standard InChI is InChI=1S/C16H26N2O/c1-13(19)18-10-8-15(9-11-18)12-14-4-6-16(7-5-14)17(2)3/h4-7,13,15,19H,8-12H2,1-3H3. The Morgan fingerprint density at radius 2 is 1.79 bits per heavy atom. The van der Waals surface area contributed by atoms with Gasteiger partial charge in [0, 0.05) is 32.9 Å². The Hall–Kier alpha value is -1.06. The summed E-state index contributed by atoms with van der Waals surface area (Å²) in [6.45, 7) is 3.91. The third-order valence-electron chi connectivity index (χ3n) is 4.15. The van der Waals surface area contributed by atoms with Gasteiger partial charge in [0.2, 0.25) is 0 Å². The number of hydrogen-bond donors (Lipinski definition) is 1. The van der Waals surface area contributed by atoms with Crippen molar-refractivity contribution in [2.45, 2.75) is 32.4 Å². The molecule has 1 aromatic carbocycles. The molecule has 0 bridgehead atoms. The van der Waals surface area contributed by atoms with Crippen molar-refractivity contribution in [3.05, 3.63) is 29.8 Å². The largest absolute Gasteiger partial charge is 0.379 e. The van der Waals surface area contributed by atoms with Gasteiger partial charge < -0.3 is 10.0 Å². The fourth-order valence-electron chi connectivity index (χ4n) is 2.79. The van der Waals surface area contributed by atoms with Crippen LogP contribution in [0.25, 0.3) is 0 Å². The maximum atomic E-state index is 9.56. The third-order valence-corrected chi connectivity index (χ3v) is 4.15. The van der Waals surface area contributed by atoms with Crippen molar-refractivity contribution in [3.63, 3.8) is 0 Å². The van der Waals surface area contributed by atoms with E-state index in [0.717, 1.165) is 19.0 Å². The molecule has 1 fully saturated rings. The molecule has 0 spiro atoms. The maximum Gasteiger partial charge on any atom is 0.104 e. The van der Waals surface area contributed by atoms with Crippen LogP contribution < -0.4 is 4.90 Å². The van der Waals surface area contributed by atoms with Crippen molar-refractivity contribution in [2.75, 3.05) is 32.1 Å². The van der Waals surface area contributed by atoms with Crippen molar-refractivity contribution in [1.29, 1.82) is 0 Å². The number of likely N-dealkylation sites (tertiary alicyclic amines) is 1. The van der Waals surface area contributed by atoms with E-state index in [1.54, 1.807) is 0 Å². The summed E-state index contributed by atoms with van der Waals surface area (Å²) in [5, 5.41) is 9.56. The molecule has 3 heteroatoms. The first-order valence-electron chi connectivity index (χ1n) is 7.24. The van der Waals surface area contributed by atoms with Gasteiger partial charge in [0.15, 0.2) is 0 Å². The number of aliphatic hydroxyl groups excluding tert-OH is 1. The minimum Gasteiger partial charge on any atom is -0.379 e. The second kappa shape index (κ2) is 6.40. The monoisotopic (exact) mass is 262 g/mol. The summed E-state index contributed by atoms with van der Waals surface area (Å²) >= 11 is 0.